The van der Waals surface area contributed by atoms with Crippen molar-refractivity contribution < 1.29 is 23.9 Å². The van der Waals surface area contributed by atoms with Crippen LogP contribution in [-0.2, 0) is 19.1 Å². The van der Waals surface area contributed by atoms with Crippen LogP contribution in [-0.4, -0.2) is 42.1 Å². The SMILES string of the molecule is Cc1ccc(C)c(N2N=C(C(=O)OCC(=O)Nc3ccccc3C(=O)NC3CCCC3)CCC2=O)c1. The molecule has 0 unspecified atom stereocenters. The van der Waals surface area contributed by atoms with E-state index >= 15 is 0 Å². The minimum atomic E-state index is -0.764. The summed E-state index contributed by atoms with van der Waals surface area (Å²) >= 11 is 0. The highest BCUT2D eigenvalue weighted by Gasteiger charge is 2.28. The Morgan fingerprint density at radius 3 is 2.58 bits per heavy atom. The molecule has 1 aliphatic heterocycles. The summed E-state index contributed by atoms with van der Waals surface area (Å²) in [6.07, 6.45) is 4.33. The first-order valence-corrected chi connectivity index (χ1v) is 12.2. The summed E-state index contributed by atoms with van der Waals surface area (Å²) in [5.74, 6) is -1.81. The highest BCUT2D eigenvalue weighted by atomic mass is 16.5. The molecule has 0 bridgehead atoms. The molecule has 9 nitrogen and oxygen atoms in total. The smallest absolute Gasteiger partial charge is 0.355 e. The fraction of sp³-hybridized carbons (Fsp3) is 0.370. The number of carbonyl (C=O) groups excluding carboxylic acids is 4. The van der Waals surface area contributed by atoms with E-state index in [2.05, 4.69) is 15.7 Å². The number of para-hydroxylation sites is 1. The van der Waals surface area contributed by atoms with Gasteiger partial charge in [-0.05, 0) is 56.0 Å². The van der Waals surface area contributed by atoms with Crippen molar-refractivity contribution in [3.63, 3.8) is 0 Å². The Morgan fingerprint density at radius 1 is 1.06 bits per heavy atom. The second-order valence-electron chi connectivity index (χ2n) is 9.17. The number of hydrazone groups is 1. The van der Waals surface area contributed by atoms with Crippen molar-refractivity contribution in [3.8, 4) is 0 Å². The van der Waals surface area contributed by atoms with Crippen LogP contribution in [0.15, 0.2) is 47.6 Å². The van der Waals surface area contributed by atoms with Gasteiger partial charge in [-0.2, -0.15) is 10.1 Å². The molecular formula is C27H30N4O5. The number of rotatable bonds is 7. The van der Waals surface area contributed by atoms with Crippen LogP contribution < -0.4 is 15.6 Å². The topological polar surface area (TPSA) is 117 Å². The molecule has 1 aliphatic carbocycles. The van der Waals surface area contributed by atoms with Gasteiger partial charge in [0.2, 0.25) is 5.91 Å². The molecule has 0 spiro atoms. The van der Waals surface area contributed by atoms with Crippen LogP contribution in [0.25, 0.3) is 0 Å². The van der Waals surface area contributed by atoms with Crippen LogP contribution in [0.1, 0.15) is 60.0 Å². The van der Waals surface area contributed by atoms with Crippen molar-refractivity contribution in [1.82, 2.24) is 5.32 Å². The van der Waals surface area contributed by atoms with E-state index in [-0.39, 0.29) is 36.4 Å². The zero-order valence-electron chi connectivity index (χ0n) is 20.5. The van der Waals surface area contributed by atoms with E-state index < -0.39 is 18.5 Å². The molecular weight excluding hydrogens is 460 g/mol. The van der Waals surface area contributed by atoms with Gasteiger partial charge in [-0.1, -0.05) is 37.1 Å². The molecule has 1 fully saturated rings. The number of anilines is 2. The number of esters is 1. The average molecular weight is 491 g/mol. The Hall–Kier alpha value is -4.01. The molecule has 3 amide bonds. The van der Waals surface area contributed by atoms with Gasteiger partial charge in [-0.3, -0.25) is 14.4 Å². The fourth-order valence-corrected chi connectivity index (χ4v) is 4.36. The Balaban J connectivity index is 1.37. The zero-order valence-corrected chi connectivity index (χ0v) is 20.5. The lowest BCUT2D eigenvalue weighted by atomic mass is 10.1. The first-order valence-electron chi connectivity index (χ1n) is 12.2. The molecule has 1 saturated carbocycles. The van der Waals surface area contributed by atoms with E-state index in [9.17, 15) is 19.2 Å². The Morgan fingerprint density at radius 2 is 1.81 bits per heavy atom. The van der Waals surface area contributed by atoms with Crippen LogP contribution in [0, 0.1) is 13.8 Å². The Labute approximate surface area is 209 Å². The molecule has 9 heteroatoms. The van der Waals surface area contributed by atoms with Crippen molar-refractivity contribution in [1.29, 1.82) is 0 Å². The summed E-state index contributed by atoms with van der Waals surface area (Å²) in [4.78, 5) is 50.3. The van der Waals surface area contributed by atoms with Gasteiger partial charge in [0.15, 0.2) is 6.61 Å². The third kappa shape index (κ3) is 5.97. The van der Waals surface area contributed by atoms with Crippen molar-refractivity contribution in [2.75, 3.05) is 16.9 Å². The lowest BCUT2D eigenvalue weighted by Crippen LogP contribution is -2.36. The van der Waals surface area contributed by atoms with E-state index in [0.29, 0.717) is 16.9 Å². The summed E-state index contributed by atoms with van der Waals surface area (Å²) in [6, 6.07) is 12.5. The number of nitrogens with zero attached hydrogens (tertiary/aromatic N) is 2. The van der Waals surface area contributed by atoms with Crippen LogP contribution in [0.5, 0.6) is 0 Å². The molecule has 0 aromatic heterocycles. The Kier molecular flexibility index (Phi) is 7.77. The van der Waals surface area contributed by atoms with Gasteiger partial charge in [0, 0.05) is 18.9 Å². The third-order valence-corrected chi connectivity index (χ3v) is 6.33. The van der Waals surface area contributed by atoms with Gasteiger partial charge in [0.1, 0.15) is 5.71 Å². The lowest BCUT2D eigenvalue weighted by molar-refractivity contribution is -0.140. The molecule has 0 saturated heterocycles. The van der Waals surface area contributed by atoms with E-state index in [1.807, 2.05) is 32.0 Å². The first kappa shape index (κ1) is 25.1. The van der Waals surface area contributed by atoms with Gasteiger partial charge in [0.05, 0.1) is 16.9 Å². The van der Waals surface area contributed by atoms with E-state index in [1.54, 1.807) is 24.3 Å². The summed E-state index contributed by atoms with van der Waals surface area (Å²) < 4.78 is 5.18. The average Bonchev–Trinajstić information content (AvgIpc) is 3.38. The standard InChI is InChI=1S/C27H30N4O5/c1-17-11-12-18(2)23(15-17)31-25(33)14-13-22(30-31)27(35)36-16-24(32)29-21-10-6-5-9-20(21)26(34)28-19-7-3-4-8-19/h5-6,9-12,15,19H,3-4,7-8,13-14,16H2,1-2H3,(H,28,34)(H,29,32). The van der Waals surface area contributed by atoms with Gasteiger partial charge >= 0.3 is 5.97 Å². The van der Waals surface area contributed by atoms with Crippen molar-refractivity contribution >= 4 is 40.8 Å². The highest BCUT2D eigenvalue weighted by molar-refractivity contribution is 6.38. The highest BCUT2D eigenvalue weighted by Crippen LogP contribution is 2.26. The fourth-order valence-electron chi connectivity index (χ4n) is 4.36. The normalized spacial score (nSPS) is 15.9. The van der Waals surface area contributed by atoms with Crippen LogP contribution in [0.2, 0.25) is 0 Å². The molecule has 2 N–H and O–H groups in total. The molecule has 2 aliphatic rings. The second-order valence-corrected chi connectivity index (χ2v) is 9.17. The molecule has 188 valence electrons. The molecule has 2 aromatic rings. The molecule has 0 atom stereocenters. The van der Waals surface area contributed by atoms with Gasteiger partial charge in [-0.25, -0.2) is 4.79 Å². The predicted octanol–water partition coefficient (Wildman–Crippen LogP) is 3.64. The quantitative estimate of drug-likeness (QED) is 0.575. The number of amides is 3. The largest absolute Gasteiger partial charge is 0.451 e. The maximum Gasteiger partial charge on any atom is 0.355 e. The van der Waals surface area contributed by atoms with Crippen LogP contribution in [0.3, 0.4) is 0 Å². The second kappa shape index (κ2) is 11.2. The van der Waals surface area contributed by atoms with E-state index in [1.165, 1.54) is 5.01 Å². The number of aryl methyl sites for hydroxylation is 2. The first-order chi connectivity index (χ1) is 17.3. The maximum atomic E-state index is 12.7. The molecule has 4 rings (SSSR count). The number of hydrogen-bond donors (Lipinski definition) is 2. The summed E-state index contributed by atoms with van der Waals surface area (Å²) in [5.41, 5.74) is 3.18. The van der Waals surface area contributed by atoms with Gasteiger partial charge < -0.3 is 15.4 Å². The summed E-state index contributed by atoms with van der Waals surface area (Å²) in [6.45, 7) is 3.22. The summed E-state index contributed by atoms with van der Waals surface area (Å²) in [7, 11) is 0. The summed E-state index contributed by atoms with van der Waals surface area (Å²) in [5, 5.41) is 11.1. The third-order valence-electron chi connectivity index (χ3n) is 6.33. The molecule has 0 radical (unpaired) electrons. The predicted molar refractivity (Wildman–Crippen MR) is 136 cm³/mol. The number of benzene rings is 2. The molecule has 2 aromatic carbocycles. The van der Waals surface area contributed by atoms with Crippen LogP contribution >= 0.6 is 0 Å². The van der Waals surface area contributed by atoms with Gasteiger partial charge in [-0.15, -0.1) is 0 Å². The van der Waals surface area contributed by atoms with E-state index in [0.717, 1.165) is 36.8 Å². The minimum absolute atomic E-state index is 0.0691. The van der Waals surface area contributed by atoms with Crippen LogP contribution in [0.4, 0.5) is 11.4 Å². The molecule has 1 heterocycles. The van der Waals surface area contributed by atoms with Crippen molar-refractivity contribution in [2.24, 2.45) is 5.10 Å². The number of nitrogens with one attached hydrogen (secondary N) is 2. The number of hydrogen-bond acceptors (Lipinski definition) is 6. The van der Waals surface area contributed by atoms with Gasteiger partial charge in [0.25, 0.3) is 11.8 Å². The zero-order chi connectivity index (χ0) is 25.7. The maximum absolute atomic E-state index is 12.7. The van der Waals surface area contributed by atoms with Crippen molar-refractivity contribution in [2.45, 2.75) is 58.4 Å². The Bertz CT molecular complexity index is 1220. The van der Waals surface area contributed by atoms with E-state index in [4.69, 9.17) is 4.74 Å². The molecule has 36 heavy (non-hydrogen) atoms. The monoisotopic (exact) mass is 490 g/mol. The lowest BCUT2D eigenvalue weighted by Gasteiger charge is -2.24. The number of ether oxygens (including phenoxy) is 1. The number of carbonyl (C=O) groups is 4. The van der Waals surface area contributed by atoms with Crippen molar-refractivity contribution in [3.05, 3.63) is 59.2 Å². The minimum Gasteiger partial charge on any atom is -0.451 e.